The fraction of sp³-hybridized carbons (Fsp3) is 1.00. The van der Waals surface area contributed by atoms with Gasteiger partial charge in [-0.05, 0) is 25.8 Å². The molecule has 0 bridgehead atoms. The number of hydrogen-bond acceptors (Lipinski definition) is 3. The van der Waals surface area contributed by atoms with Gasteiger partial charge in [-0.15, -0.1) is 0 Å². The summed E-state index contributed by atoms with van der Waals surface area (Å²) < 4.78 is 11.1. The first-order valence-electron chi connectivity index (χ1n) is 7.23. The van der Waals surface area contributed by atoms with Crippen LogP contribution in [0.5, 0.6) is 0 Å². The van der Waals surface area contributed by atoms with E-state index in [1.54, 1.807) is 0 Å². The molecule has 0 spiro atoms. The average molecular weight is 245 g/mol. The molecule has 1 N–H and O–H groups in total. The van der Waals surface area contributed by atoms with Crippen molar-refractivity contribution >= 4 is 0 Å². The molecule has 3 heteroatoms. The molecule has 0 aliphatic rings. The summed E-state index contributed by atoms with van der Waals surface area (Å²) in [6.45, 7) is 10.8. The first-order valence-corrected chi connectivity index (χ1v) is 7.23. The molecule has 0 rings (SSSR count). The quantitative estimate of drug-likeness (QED) is 0.506. The Balaban J connectivity index is 3.34. The van der Waals surface area contributed by atoms with Crippen LogP contribution in [0, 0.1) is 0 Å². The van der Waals surface area contributed by atoms with Crippen LogP contribution in [0.4, 0.5) is 0 Å². The number of nitrogens with one attached hydrogen (secondary N) is 1. The highest BCUT2D eigenvalue weighted by atomic mass is 16.5. The summed E-state index contributed by atoms with van der Waals surface area (Å²) >= 11 is 0. The van der Waals surface area contributed by atoms with E-state index in [2.05, 4.69) is 26.1 Å². The zero-order chi connectivity index (χ0) is 12.8. The van der Waals surface area contributed by atoms with E-state index in [0.717, 1.165) is 39.4 Å². The second-order valence-corrected chi connectivity index (χ2v) is 4.48. The Morgan fingerprint density at radius 3 is 2.29 bits per heavy atom. The van der Waals surface area contributed by atoms with E-state index in [4.69, 9.17) is 9.47 Å². The number of rotatable bonds is 13. The fourth-order valence-corrected chi connectivity index (χ4v) is 1.63. The maximum atomic E-state index is 5.64. The number of unbranched alkanes of at least 4 members (excludes halogenated alkanes) is 1. The lowest BCUT2D eigenvalue weighted by Crippen LogP contribution is -2.34. The van der Waals surface area contributed by atoms with Crippen molar-refractivity contribution in [2.75, 3.05) is 33.0 Å². The van der Waals surface area contributed by atoms with Gasteiger partial charge in [-0.3, -0.25) is 0 Å². The maximum absolute atomic E-state index is 5.64. The molecule has 0 aliphatic heterocycles. The third-order valence-electron chi connectivity index (χ3n) is 2.65. The molecule has 1 unspecified atom stereocenters. The average Bonchev–Trinajstić information content (AvgIpc) is 2.34. The highest BCUT2D eigenvalue weighted by Gasteiger charge is 2.05. The molecule has 0 radical (unpaired) electrons. The third kappa shape index (κ3) is 12.1. The van der Waals surface area contributed by atoms with Crippen LogP contribution >= 0.6 is 0 Å². The van der Waals surface area contributed by atoms with Gasteiger partial charge >= 0.3 is 0 Å². The SMILES string of the molecule is CCCCOCCOCC(CCC)NCCC. The standard InChI is InChI=1S/C14H31NO2/c1-4-7-10-16-11-12-17-13-14(8-5-2)15-9-6-3/h14-15H,4-13H2,1-3H3. The highest BCUT2D eigenvalue weighted by Crippen LogP contribution is 1.98. The van der Waals surface area contributed by atoms with Gasteiger partial charge in [-0.2, -0.15) is 0 Å². The molecule has 0 aromatic rings. The van der Waals surface area contributed by atoms with Crippen LogP contribution in [0.15, 0.2) is 0 Å². The molecular weight excluding hydrogens is 214 g/mol. The summed E-state index contributed by atoms with van der Waals surface area (Å²) in [7, 11) is 0. The normalized spacial score (nSPS) is 12.9. The molecule has 104 valence electrons. The monoisotopic (exact) mass is 245 g/mol. The Morgan fingerprint density at radius 1 is 0.882 bits per heavy atom. The molecule has 1 atom stereocenters. The van der Waals surface area contributed by atoms with E-state index in [1.807, 2.05) is 0 Å². The van der Waals surface area contributed by atoms with E-state index < -0.39 is 0 Å². The second kappa shape index (κ2) is 13.9. The smallest absolute Gasteiger partial charge is 0.0701 e. The van der Waals surface area contributed by atoms with Gasteiger partial charge in [-0.25, -0.2) is 0 Å². The minimum absolute atomic E-state index is 0.510. The van der Waals surface area contributed by atoms with Crippen LogP contribution < -0.4 is 5.32 Å². The Labute approximate surface area is 107 Å². The minimum Gasteiger partial charge on any atom is -0.379 e. The van der Waals surface area contributed by atoms with Crippen molar-refractivity contribution in [2.45, 2.75) is 58.9 Å². The van der Waals surface area contributed by atoms with Gasteiger partial charge in [-0.1, -0.05) is 33.6 Å². The molecule has 0 fully saturated rings. The first-order chi connectivity index (χ1) is 8.35. The van der Waals surface area contributed by atoms with Crippen molar-refractivity contribution < 1.29 is 9.47 Å². The lowest BCUT2D eigenvalue weighted by atomic mass is 10.2. The van der Waals surface area contributed by atoms with Gasteiger partial charge in [0.1, 0.15) is 0 Å². The molecule has 0 aromatic carbocycles. The van der Waals surface area contributed by atoms with E-state index in [0.29, 0.717) is 6.04 Å². The molecule has 3 nitrogen and oxygen atoms in total. The Hall–Kier alpha value is -0.120. The van der Waals surface area contributed by atoms with Crippen molar-refractivity contribution in [1.82, 2.24) is 5.32 Å². The van der Waals surface area contributed by atoms with Crippen LogP contribution in [-0.4, -0.2) is 39.0 Å². The fourth-order valence-electron chi connectivity index (χ4n) is 1.63. The van der Waals surface area contributed by atoms with Gasteiger partial charge in [0.05, 0.1) is 19.8 Å². The summed E-state index contributed by atoms with van der Waals surface area (Å²) in [6, 6.07) is 0.510. The Morgan fingerprint density at radius 2 is 1.65 bits per heavy atom. The second-order valence-electron chi connectivity index (χ2n) is 4.48. The van der Waals surface area contributed by atoms with Gasteiger partial charge in [0.15, 0.2) is 0 Å². The highest BCUT2D eigenvalue weighted by molar-refractivity contribution is 4.64. The van der Waals surface area contributed by atoms with Gasteiger partial charge in [0.2, 0.25) is 0 Å². The van der Waals surface area contributed by atoms with Crippen LogP contribution in [0.1, 0.15) is 52.9 Å². The van der Waals surface area contributed by atoms with Gasteiger partial charge in [0.25, 0.3) is 0 Å². The first kappa shape index (κ1) is 16.9. The molecule has 0 aromatic heterocycles. The summed E-state index contributed by atoms with van der Waals surface area (Å²) in [6.07, 6.45) is 5.92. The van der Waals surface area contributed by atoms with E-state index in [9.17, 15) is 0 Å². The third-order valence-corrected chi connectivity index (χ3v) is 2.65. The predicted octanol–water partition coefficient (Wildman–Crippen LogP) is 2.99. The molecule has 17 heavy (non-hydrogen) atoms. The predicted molar refractivity (Wildman–Crippen MR) is 73.5 cm³/mol. The summed E-state index contributed by atoms with van der Waals surface area (Å²) in [4.78, 5) is 0. The van der Waals surface area contributed by atoms with Crippen LogP contribution in [-0.2, 0) is 9.47 Å². The van der Waals surface area contributed by atoms with Crippen LogP contribution in [0.3, 0.4) is 0 Å². The van der Waals surface area contributed by atoms with Crippen molar-refractivity contribution in [2.24, 2.45) is 0 Å². The topological polar surface area (TPSA) is 30.5 Å². The van der Waals surface area contributed by atoms with Gasteiger partial charge < -0.3 is 14.8 Å². The van der Waals surface area contributed by atoms with Crippen molar-refractivity contribution in [3.05, 3.63) is 0 Å². The number of ether oxygens (including phenoxy) is 2. The van der Waals surface area contributed by atoms with Crippen LogP contribution in [0.2, 0.25) is 0 Å². The molecule has 0 aliphatic carbocycles. The zero-order valence-electron chi connectivity index (χ0n) is 12.0. The largest absolute Gasteiger partial charge is 0.379 e. The summed E-state index contributed by atoms with van der Waals surface area (Å²) in [5, 5.41) is 3.52. The lowest BCUT2D eigenvalue weighted by molar-refractivity contribution is 0.0373. The zero-order valence-corrected chi connectivity index (χ0v) is 12.0. The van der Waals surface area contributed by atoms with Gasteiger partial charge in [0, 0.05) is 12.6 Å². The van der Waals surface area contributed by atoms with E-state index in [1.165, 1.54) is 25.7 Å². The van der Waals surface area contributed by atoms with Crippen molar-refractivity contribution in [3.63, 3.8) is 0 Å². The lowest BCUT2D eigenvalue weighted by Gasteiger charge is -2.17. The Bertz CT molecular complexity index is 142. The minimum atomic E-state index is 0.510. The summed E-state index contributed by atoms with van der Waals surface area (Å²) in [5.74, 6) is 0. The van der Waals surface area contributed by atoms with Crippen molar-refractivity contribution in [1.29, 1.82) is 0 Å². The van der Waals surface area contributed by atoms with E-state index >= 15 is 0 Å². The molecule has 0 saturated heterocycles. The van der Waals surface area contributed by atoms with Crippen LogP contribution in [0.25, 0.3) is 0 Å². The molecular formula is C14H31NO2. The Kier molecular flexibility index (Phi) is 13.8. The molecule has 0 amide bonds. The van der Waals surface area contributed by atoms with Crippen molar-refractivity contribution in [3.8, 4) is 0 Å². The maximum Gasteiger partial charge on any atom is 0.0701 e. The molecule has 0 heterocycles. The number of hydrogen-bond donors (Lipinski definition) is 1. The molecule has 0 saturated carbocycles. The van der Waals surface area contributed by atoms with E-state index in [-0.39, 0.29) is 0 Å². The summed E-state index contributed by atoms with van der Waals surface area (Å²) in [5.41, 5.74) is 0.